The van der Waals surface area contributed by atoms with Gasteiger partial charge in [-0.25, -0.2) is 9.37 Å². The number of aromatic nitrogens is 2. The Balaban J connectivity index is 1.64. The van der Waals surface area contributed by atoms with Crippen LogP contribution in [0.1, 0.15) is 12.8 Å². The number of hydrogen-bond donors (Lipinski definition) is 1. The lowest BCUT2D eigenvalue weighted by atomic mass is 10.1. The van der Waals surface area contributed by atoms with Crippen LogP contribution < -0.4 is 20.1 Å². The maximum absolute atomic E-state index is 15.2. The first-order valence-electron chi connectivity index (χ1n) is 10.6. The number of nitrogen functional groups attached to an aromatic ring is 1. The standard InChI is InChI=1S/C22H28FN5O4/c1-30-12-14-11-27(17(29)7-6-13-4-5-13)8-9-28(14)22-25-19-15(21(24)26-22)10-16(31-2)20(32-3)18(19)23/h6-7,10,13-14H,4-5,8-9,11-12H2,1-3H3,(H2,24,25,26)/b7-6+/t14-/m1/s1. The summed E-state index contributed by atoms with van der Waals surface area (Å²) in [6.07, 6.45) is 5.95. The summed E-state index contributed by atoms with van der Waals surface area (Å²) in [5.41, 5.74) is 6.22. The fraction of sp³-hybridized carbons (Fsp3) is 0.500. The number of carbonyl (C=O) groups excluding carboxylic acids is 1. The van der Waals surface area contributed by atoms with E-state index in [0.717, 1.165) is 12.8 Å². The SMILES string of the molecule is COC[C@H]1CN(C(=O)/C=C/C2CC2)CCN1c1nc(N)c2cc(OC)c(OC)c(F)c2n1. The molecule has 1 atom stereocenters. The normalized spacial score (nSPS) is 19.1. The predicted octanol–water partition coefficient (Wildman–Crippen LogP) is 2.00. The number of rotatable bonds is 7. The lowest BCUT2D eigenvalue weighted by Gasteiger charge is -2.41. The third kappa shape index (κ3) is 4.27. The van der Waals surface area contributed by atoms with E-state index in [-0.39, 0.29) is 40.7 Å². The molecule has 172 valence electrons. The topological polar surface area (TPSA) is 103 Å². The first-order chi connectivity index (χ1) is 15.5. The molecule has 32 heavy (non-hydrogen) atoms. The molecule has 2 heterocycles. The van der Waals surface area contributed by atoms with Crippen molar-refractivity contribution in [2.45, 2.75) is 18.9 Å². The van der Waals surface area contributed by atoms with E-state index in [4.69, 9.17) is 19.9 Å². The lowest BCUT2D eigenvalue weighted by molar-refractivity contribution is -0.127. The van der Waals surface area contributed by atoms with E-state index in [9.17, 15) is 4.79 Å². The van der Waals surface area contributed by atoms with Crippen molar-refractivity contribution in [3.63, 3.8) is 0 Å². The number of halogens is 1. The second kappa shape index (κ2) is 9.15. The van der Waals surface area contributed by atoms with Crippen LogP contribution in [-0.2, 0) is 9.53 Å². The Hall–Kier alpha value is -3.14. The molecule has 0 bridgehead atoms. The molecule has 4 rings (SSSR count). The van der Waals surface area contributed by atoms with Gasteiger partial charge in [0.1, 0.15) is 11.3 Å². The molecule has 1 aromatic carbocycles. The summed E-state index contributed by atoms with van der Waals surface area (Å²) in [6.45, 7) is 1.75. The summed E-state index contributed by atoms with van der Waals surface area (Å²) < 4.78 is 30.9. The molecule has 1 amide bonds. The Morgan fingerprint density at radius 3 is 2.69 bits per heavy atom. The van der Waals surface area contributed by atoms with Gasteiger partial charge in [-0.1, -0.05) is 6.08 Å². The number of allylic oxidation sites excluding steroid dienone is 1. The zero-order valence-corrected chi connectivity index (χ0v) is 18.5. The highest BCUT2D eigenvalue weighted by molar-refractivity contribution is 5.92. The Kier molecular flexibility index (Phi) is 6.31. The van der Waals surface area contributed by atoms with Crippen LogP contribution in [0.15, 0.2) is 18.2 Å². The number of amides is 1. The van der Waals surface area contributed by atoms with Gasteiger partial charge in [0.15, 0.2) is 17.3 Å². The summed E-state index contributed by atoms with van der Waals surface area (Å²) in [5, 5.41) is 0.339. The summed E-state index contributed by atoms with van der Waals surface area (Å²) in [7, 11) is 4.38. The predicted molar refractivity (Wildman–Crippen MR) is 118 cm³/mol. The number of benzene rings is 1. The average Bonchev–Trinajstić information content (AvgIpc) is 3.62. The van der Waals surface area contributed by atoms with Crippen LogP contribution in [0.25, 0.3) is 10.9 Å². The van der Waals surface area contributed by atoms with Gasteiger partial charge in [0.2, 0.25) is 11.9 Å². The van der Waals surface area contributed by atoms with Crippen LogP contribution in [0.5, 0.6) is 11.5 Å². The molecule has 1 saturated carbocycles. The minimum absolute atomic E-state index is 0.0144. The molecule has 1 aliphatic heterocycles. The first kappa shape index (κ1) is 22.1. The molecular formula is C22H28FN5O4. The number of hydrogen-bond acceptors (Lipinski definition) is 8. The zero-order valence-electron chi connectivity index (χ0n) is 18.5. The van der Waals surface area contributed by atoms with E-state index in [0.29, 0.717) is 37.5 Å². The molecule has 2 N–H and O–H groups in total. The summed E-state index contributed by atoms with van der Waals surface area (Å²) >= 11 is 0. The van der Waals surface area contributed by atoms with Crippen molar-refractivity contribution in [3.05, 3.63) is 24.0 Å². The van der Waals surface area contributed by atoms with Crippen LogP contribution >= 0.6 is 0 Å². The average molecular weight is 445 g/mol. The molecule has 0 spiro atoms. The van der Waals surface area contributed by atoms with Gasteiger partial charge < -0.3 is 29.7 Å². The molecule has 1 saturated heterocycles. The molecule has 1 aromatic heterocycles. The highest BCUT2D eigenvalue weighted by Crippen LogP contribution is 2.38. The largest absolute Gasteiger partial charge is 0.493 e. The van der Waals surface area contributed by atoms with E-state index in [1.807, 2.05) is 11.0 Å². The van der Waals surface area contributed by atoms with Gasteiger partial charge in [0.25, 0.3) is 0 Å². The molecule has 10 heteroatoms. The number of nitrogens with two attached hydrogens (primary N) is 1. The molecule has 2 aromatic rings. The second-order valence-corrected chi connectivity index (χ2v) is 8.01. The van der Waals surface area contributed by atoms with Crippen LogP contribution in [0, 0.1) is 11.7 Å². The zero-order chi connectivity index (χ0) is 22.8. The Morgan fingerprint density at radius 1 is 1.25 bits per heavy atom. The van der Waals surface area contributed by atoms with Gasteiger partial charge in [0, 0.05) is 32.1 Å². The molecule has 2 aliphatic rings. The van der Waals surface area contributed by atoms with Crippen molar-refractivity contribution in [3.8, 4) is 11.5 Å². The maximum atomic E-state index is 15.2. The van der Waals surface area contributed by atoms with E-state index in [2.05, 4.69) is 9.97 Å². The van der Waals surface area contributed by atoms with Gasteiger partial charge >= 0.3 is 0 Å². The summed E-state index contributed by atoms with van der Waals surface area (Å²) in [6, 6.07) is 1.36. The lowest BCUT2D eigenvalue weighted by Crippen LogP contribution is -2.56. The van der Waals surface area contributed by atoms with Crippen molar-refractivity contribution in [2.75, 3.05) is 58.2 Å². The highest BCUT2D eigenvalue weighted by Gasteiger charge is 2.32. The maximum Gasteiger partial charge on any atom is 0.246 e. The number of carbonyl (C=O) groups is 1. The highest BCUT2D eigenvalue weighted by atomic mass is 19.1. The third-order valence-electron chi connectivity index (χ3n) is 5.84. The summed E-state index contributed by atoms with van der Waals surface area (Å²) in [4.78, 5) is 25.2. The van der Waals surface area contributed by atoms with E-state index in [1.54, 1.807) is 24.2 Å². The van der Waals surface area contributed by atoms with Gasteiger partial charge in [-0.2, -0.15) is 4.98 Å². The van der Waals surface area contributed by atoms with Gasteiger partial charge in [-0.15, -0.1) is 0 Å². The minimum atomic E-state index is -0.667. The van der Waals surface area contributed by atoms with Gasteiger partial charge in [-0.05, 0) is 30.9 Å². The van der Waals surface area contributed by atoms with Crippen molar-refractivity contribution >= 4 is 28.6 Å². The Labute approximate surface area is 185 Å². The van der Waals surface area contributed by atoms with Crippen LogP contribution in [0.2, 0.25) is 0 Å². The number of ether oxygens (including phenoxy) is 3. The number of piperazine rings is 1. The van der Waals surface area contributed by atoms with Crippen LogP contribution in [-0.4, -0.2) is 74.4 Å². The summed E-state index contributed by atoms with van der Waals surface area (Å²) in [5.74, 6) is 0.434. The Morgan fingerprint density at radius 2 is 2.03 bits per heavy atom. The number of methoxy groups -OCH3 is 3. The number of anilines is 2. The van der Waals surface area contributed by atoms with Crippen molar-refractivity contribution in [2.24, 2.45) is 5.92 Å². The Bertz CT molecular complexity index is 1040. The number of nitrogens with zero attached hydrogens (tertiary/aromatic N) is 4. The molecule has 2 fully saturated rings. The minimum Gasteiger partial charge on any atom is -0.493 e. The fourth-order valence-electron chi connectivity index (χ4n) is 3.93. The van der Waals surface area contributed by atoms with Crippen LogP contribution in [0.4, 0.5) is 16.2 Å². The van der Waals surface area contributed by atoms with Gasteiger partial charge in [-0.3, -0.25) is 4.79 Å². The van der Waals surface area contributed by atoms with E-state index in [1.165, 1.54) is 14.2 Å². The van der Waals surface area contributed by atoms with Crippen molar-refractivity contribution in [1.82, 2.24) is 14.9 Å². The monoisotopic (exact) mass is 445 g/mol. The van der Waals surface area contributed by atoms with E-state index >= 15 is 4.39 Å². The van der Waals surface area contributed by atoms with Crippen molar-refractivity contribution in [1.29, 1.82) is 0 Å². The molecule has 0 radical (unpaired) electrons. The third-order valence-corrected chi connectivity index (χ3v) is 5.84. The van der Waals surface area contributed by atoms with Crippen molar-refractivity contribution < 1.29 is 23.4 Å². The van der Waals surface area contributed by atoms with Gasteiger partial charge in [0.05, 0.1) is 26.9 Å². The quantitative estimate of drug-likeness (QED) is 0.646. The molecule has 0 unspecified atom stereocenters. The fourth-order valence-corrected chi connectivity index (χ4v) is 3.93. The molecule has 9 nitrogen and oxygen atoms in total. The number of fused-ring (bicyclic) bond motifs is 1. The molecule has 1 aliphatic carbocycles. The molecular weight excluding hydrogens is 417 g/mol. The first-order valence-corrected chi connectivity index (χ1v) is 10.6. The second-order valence-electron chi connectivity index (χ2n) is 8.01. The van der Waals surface area contributed by atoms with E-state index < -0.39 is 5.82 Å². The van der Waals surface area contributed by atoms with Crippen LogP contribution in [0.3, 0.4) is 0 Å². The smallest absolute Gasteiger partial charge is 0.246 e.